The van der Waals surface area contributed by atoms with E-state index in [1.165, 1.54) is 15.4 Å². The fourth-order valence-electron chi connectivity index (χ4n) is 1.19. The van der Waals surface area contributed by atoms with Gasteiger partial charge in [0, 0.05) is 27.2 Å². The zero-order valence-corrected chi connectivity index (χ0v) is 9.85. The first-order valence-corrected chi connectivity index (χ1v) is 5.79. The normalized spacial score (nSPS) is 10.3. The molecule has 2 aromatic rings. The van der Waals surface area contributed by atoms with Gasteiger partial charge in [0.05, 0.1) is 0 Å². The second-order valence-electron chi connectivity index (χ2n) is 3.20. The van der Waals surface area contributed by atoms with Gasteiger partial charge >= 0.3 is 0 Å². The van der Waals surface area contributed by atoms with Gasteiger partial charge in [-0.25, -0.2) is 0 Å². The fourth-order valence-corrected chi connectivity index (χ4v) is 2.18. The number of nitrogens with zero attached hydrogens (tertiary/aromatic N) is 1. The molecule has 0 saturated carbocycles. The lowest BCUT2D eigenvalue weighted by atomic mass is 10.3. The first kappa shape index (κ1) is 10.5. The van der Waals surface area contributed by atoms with Crippen LogP contribution >= 0.6 is 23.4 Å². The Kier molecular flexibility index (Phi) is 3.29. The van der Waals surface area contributed by atoms with Crippen LogP contribution in [0.2, 0.25) is 5.02 Å². The minimum absolute atomic E-state index is 0.766. The number of pyridine rings is 1. The number of aryl methyl sites for hydroxylation is 1. The molecule has 0 saturated heterocycles. The number of hydrogen-bond acceptors (Lipinski definition) is 2. The van der Waals surface area contributed by atoms with Crippen molar-refractivity contribution < 1.29 is 0 Å². The molecule has 0 spiro atoms. The van der Waals surface area contributed by atoms with Gasteiger partial charge < -0.3 is 0 Å². The van der Waals surface area contributed by atoms with Crippen LogP contribution in [-0.4, -0.2) is 4.98 Å². The van der Waals surface area contributed by atoms with Crippen LogP contribution in [0.4, 0.5) is 0 Å². The molecular formula is C12H10ClNS. The van der Waals surface area contributed by atoms with Crippen molar-refractivity contribution in [2.45, 2.75) is 16.7 Å². The van der Waals surface area contributed by atoms with Crippen molar-refractivity contribution in [3.05, 3.63) is 53.3 Å². The molecule has 0 aliphatic heterocycles. The third-order valence-electron chi connectivity index (χ3n) is 2.03. The third-order valence-corrected chi connectivity index (χ3v) is 3.44. The van der Waals surface area contributed by atoms with E-state index in [9.17, 15) is 0 Å². The Morgan fingerprint density at radius 2 is 1.87 bits per heavy atom. The predicted octanol–water partition coefficient (Wildman–Crippen LogP) is 4.19. The van der Waals surface area contributed by atoms with Crippen LogP contribution in [-0.2, 0) is 0 Å². The van der Waals surface area contributed by atoms with E-state index in [1.807, 2.05) is 36.5 Å². The van der Waals surface area contributed by atoms with Crippen molar-refractivity contribution in [2.24, 2.45) is 0 Å². The van der Waals surface area contributed by atoms with Gasteiger partial charge in [-0.05, 0) is 42.8 Å². The van der Waals surface area contributed by atoms with Crippen LogP contribution < -0.4 is 0 Å². The molecule has 76 valence electrons. The summed E-state index contributed by atoms with van der Waals surface area (Å²) in [6.07, 6.45) is 3.69. The molecule has 0 atom stereocenters. The van der Waals surface area contributed by atoms with Gasteiger partial charge in [0.25, 0.3) is 0 Å². The highest BCUT2D eigenvalue weighted by atomic mass is 35.5. The molecule has 3 heteroatoms. The minimum Gasteiger partial charge on any atom is -0.264 e. The molecule has 0 aliphatic carbocycles. The van der Waals surface area contributed by atoms with E-state index < -0.39 is 0 Å². The Balaban J connectivity index is 2.22. The van der Waals surface area contributed by atoms with Crippen molar-refractivity contribution in [1.29, 1.82) is 0 Å². The standard InChI is InChI=1S/C12H10ClNS/c1-9-6-7-14-8-12(9)15-11-4-2-10(13)3-5-11/h2-8H,1H3. The molecule has 1 heterocycles. The van der Waals surface area contributed by atoms with Crippen LogP contribution in [0.25, 0.3) is 0 Å². The number of aromatic nitrogens is 1. The Labute approximate surface area is 98.5 Å². The van der Waals surface area contributed by atoms with E-state index in [1.54, 1.807) is 18.0 Å². The number of hydrogen-bond donors (Lipinski definition) is 0. The van der Waals surface area contributed by atoms with E-state index in [-0.39, 0.29) is 0 Å². The maximum atomic E-state index is 5.82. The summed E-state index contributed by atoms with van der Waals surface area (Å²) in [7, 11) is 0. The molecule has 0 radical (unpaired) electrons. The molecule has 1 aromatic carbocycles. The largest absolute Gasteiger partial charge is 0.264 e. The lowest BCUT2D eigenvalue weighted by molar-refractivity contribution is 1.17. The van der Waals surface area contributed by atoms with Gasteiger partial charge in [0.15, 0.2) is 0 Å². The van der Waals surface area contributed by atoms with E-state index in [0.717, 1.165) is 5.02 Å². The molecule has 0 bridgehead atoms. The first-order chi connectivity index (χ1) is 7.25. The summed E-state index contributed by atoms with van der Waals surface area (Å²) >= 11 is 7.53. The number of benzene rings is 1. The Hall–Kier alpha value is -0.990. The topological polar surface area (TPSA) is 12.9 Å². The van der Waals surface area contributed by atoms with E-state index in [0.29, 0.717) is 0 Å². The molecular weight excluding hydrogens is 226 g/mol. The maximum Gasteiger partial charge on any atom is 0.0410 e. The summed E-state index contributed by atoms with van der Waals surface area (Å²) in [5.74, 6) is 0. The van der Waals surface area contributed by atoms with Gasteiger partial charge in [-0.15, -0.1) is 0 Å². The summed E-state index contributed by atoms with van der Waals surface area (Å²) in [4.78, 5) is 6.47. The van der Waals surface area contributed by atoms with Crippen molar-refractivity contribution in [3.8, 4) is 0 Å². The van der Waals surface area contributed by atoms with Crippen LogP contribution in [0.15, 0.2) is 52.5 Å². The Bertz CT molecular complexity index is 453. The van der Waals surface area contributed by atoms with E-state index >= 15 is 0 Å². The summed E-state index contributed by atoms with van der Waals surface area (Å²) in [5, 5.41) is 0.766. The summed E-state index contributed by atoms with van der Waals surface area (Å²) < 4.78 is 0. The maximum absolute atomic E-state index is 5.82. The van der Waals surface area contributed by atoms with Crippen molar-refractivity contribution in [2.75, 3.05) is 0 Å². The smallest absolute Gasteiger partial charge is 0.0410 e. The second-order valence-corrected chi connectivity index (χ2v) is 4.75. The van der Waals surface area contributed by atoms with Crippen molar-refractivity contribution in [1.82, 2.24) is 4.98 Å². The average molecular weight is 236 g/mol. The fraction of sp³-hybridized carbons (Fsp3) is 0.0833. The zero-order chi connectivity index (χ0) is 10.7. The highest BCUT2D eigenvalue weighted by Crippen LogP contribution is 2.29. The number of halogens is 1. The summed E-state index contributed by atoms with van der Waals surface area (Å²) in [5.41, 5.74) is 1.24. The monoisotopic (exact) mass is 235 g/mol. The number of rotatable bonds is 2. The highest BCUT2D eigenvalue weighted by Gasteiger charge is 2.00. The predicted molar refractivity (Wildman–Crippen MR) is 64.5 cm³/mol. The van der Waals surface area contributed by atoms with Gasteiger partial charge in [-0.3, -0.25) is 4.98 Å². The van der Waals surface area contributed by atoms with Crippen LogP contribution in [0.3, 0.4) is 0 Å². The quantitative estimate of drug-likeness (QED) is 0.774. The molecule has 0 unspecified atom stereocenters. The average Bonchev–Trinajstić information content (AvgIpc) is 2.25. The van der Waals surface area contributed by atoms with Crippen LogP contribution in [0, 0.1) is 6.92 Å². The molecule has 2 rings (SSSR count). The Morgan fingerprint density at radius 3 is 2.53 bits per heavy atom. The first-order valence-electron chi connectivity index (χ1n) is 4.60. The minimum atomic E-state index is 0.766. The molecule has 15 heavy (non-hydrogen) atoms. The molecule has 1 aromatic heterocycles. The summed E-state index contributed by atoms with van der Waals surface area (Å²) in [6.45, 7) is 2.08. The highest BCUT2D eigenvalue weighted by molar-refractivity contribution is 7.99. The molecule has 0 amide bonds. The Morgan fingerprint density at radius 1 is 1.13 bits per heavy atom. The van der Waals surface area contributed by atoms with Crippen LogP contribution in [0.1, 0.15) is 5.56 Å². The molecule has 0 N–H and O–H groups in total. The second kappa shape index (κ2) is 4.69. The van der Waals surface area contributed by atoms with Gasteiger partial charge in [0.2, 0.25) is 0 Å². The summed E-state index contributed by atoms with van der Waals surface area (Å²) in [6, 6.07) is 9.84. The lowest BCUT2D eigenvalue weighted by Gasteiger charge is -2.04. The van der Waals surface area contributed by atoms with Gasteiger partial charge in [-0.2, -0.15) is 0 Å². The SMILES string of the molecule is Cc1ccncc1Sc1ccc(Cl)cc1. The lowest BCUT2D eigenvalue weighted by Crippen LogP contribution is -1.81. The molecule has 0 fully saturated rings. The van der Waals surface area contributed by atoms with Crippen molar-refractivity contribution >= 4 is 23.4 Å². The zero-order valence-electron chi connectivity index (χ0n) is 8.27. The molecule has 1 nitrogen and oxygen atoms in total. The molecule has 0 aliphatic rings. The van der Waals surface area contributed by atoms with Crippen LogP contribution in [0.5, 0.6) is 0 Å². The van der Waals surface area contributed by atoms with E-state index in [4.69, 9.17) is 11.6 Å². The van der Waals surface area contributed by atoms with Gasteiger partial charge in [0.1, 0.15) is 0 Å². The van der Waals surface area contributed by atoms with Gasteiger partial charge in [-0.1, -0.05) is 23.4 Å². The van der Waals surface area contributed by atoms with Crippen molar-refractivity contribution in [3.63, 3.8) is 0 Å². The third kappa shape index (κ3) is 2.74. The van der Waals surface area contributed by atoms with E-state index in [2.05, 4.69) is 11.9 Å².